The molecule has 0 saturated heterocycles. The second kappa shape index (κ2) is 7.90. The molecule has 0 aliphatic heterocycles. The fourth-order valence-corrected chi connectivity index (χ4v) is 2.95. The van der Waals surface area contributed by atoms with Gasteiger partial charge in [-0.1, -0.05) is 37.0 Å². The van der Waals surface area contributed by atoms with Gasteiger partial charge in [-0.2, -0.15) is 0 Å². The molecule has 2 aromatic rings. The molecule has 0 atom stereocenters. The Bertz CT molecular complexity index is 662. The second-order valence-electron chi connectivity index (χ2n) is 6.21. The molecule has 7 nitrogen and oxygen atoms in total. The quantitative estimate of drug-likeness (QED) is 0.878. The summed E-state index contributed by atoms with van der Waals surface area (Å²) in [4.78, 5) is 12.0. The molecule has 1 aliphatic rings. The SMILES string of the molecule is Cc1ccc(OCC(=O)NCc2nnnn2C2CCCCC2)cc1. The highest BCUT2D eigenvalue weighted by Gasteiger charge is 2.20. The van der Waals surface area contributed by atoms with Crippen LogP contribution in [-0.2, 0) is 11.3 Å². The maximum Gasteiger partial charge on any atom is 0.258 e. The van der Waals surface area contributed by atoms with Gasteiger partial charge < -0.3 is 10.1 Å². The number of benzene rings is 1. The first-order valence-electron chi connectivity index (χ1n) is 8.45. The lowest BCUT2D eigenvalue weighted by Crippen LogP contribution is -2.30. The molecule has 0 spiro atoms. The van der Waals surface area contributed by atoms with Crippen LogP contribution in [0.3, 0.4) is 0 Å². The number of ether oxygens (including phenoxy) is 1. The van der Waals surface area contributed by atoms with Gasteiger partial charge in [-0.15, -0.1) is 5.10 Å². The lowest BCUT2D eigenvalue weighted by atomic mass is 9.96. The van der Waals surface area contributed by atoms with E-state index in [2.05, 4.69) is 20.8 Å². The Morgan fingerprint density at radius 2 is 2.00 bits per heavy atom. The van der Waals surface area contributed by atoms with E-state index >= 15 is 0 Å². The highest BCUT2D eigenvalue weighted by atomic mass is 16.5. The van der Waals surface area contributed by atoms with Crippen molar-refractivity contribution < 1.29 is 9.53 Å². The summed E-state index contributed by atoms with van der Waals surface area (Å²) >= 11 is 0. The molecule has 1 aromatic heterocycles. The van der Waals surface area contributed by atoms with Crippen LogP contribution < -0.4 is 10.1 Å². The van der Waals surface area contributed by atoms with E-state index in [4.69, 9.17) is 4.74 Å². The molecule has 1 aromatic carbocycles. The summed E-state index contributed by atoms with van der Waals surface area (Å²) in [5.74, 6) is 1.20. The zero-order valence-electron chi connectivity index (χ0n) is 13.9. The molecular formula is C17H23N5O2. The maximum atomic E-state index is 12.0. The van der Waals surface area contributed by atoms with Gasteiger partial charge in [0, 0.05) is 0 Å². The van der Waals surface area contributed by atoms with Gasteiger partial charge in [0.25, 0.3) is 5.91 Å². The standard InChI is InChI=1S/C17H23N5O2/c1-13-7-9-15(10-8-13)24-12-17(23)18-11-16-19-20-21-22(16)14-5-3-2-4-6-14/h7-10,14H,2-6,11-12H2,1H3,(H,18,23). The lowest BCUT2D eigenvalue weighted by Gasteiger charge is -2.22. The van der Waals surface area contributed by atoms with Gasteiger partial charge >= 0.3 is 0 Å². The Morgan fingerprint density at radius 3 is 2.75 bits per heavy atom. The third kappa shape index (κ3) is 4.31. The number of nitrogens with zero attached hydrogens (tertiary/aromatic N) is 4. The number of carbonyl (C=O) groups is 1. The van der Waals surface area contributed by atoms with E-state index in [1.807, 2.05) is 35.9 Å². The van der Waals surface area contributed by atoms with Crippen molar-refractivity contribution in [1.82, 2.24) is 25.5 Å². The first-order chi connectivity index (χ1) is 11.7. The topological polar surface area (TPSA) is 81.9 Å². The summed E-state index contributed by atoms with van der Waals surface area (Å²) in [5, 5.41) is 14.7. The summed E-state index contributed by atoms with van der Waals surface area (Å²) in [6.07, 6.45) is 5.90. The molecule has 3 rings (SSSR count). The van der Waals surface area contributed by atoms with E-state index in [0.717, 1.165) is 18.4 Å². The van der Waals surface area contributed by atoms with Gasteiger partial charge in [-0.3, -0.25) is 4.79 Å². The van der Waals surface area contributed by atoms with Crippen LogP contribution in [0.25, 0.3) is 0 Å². The minimum absolute atomic E-state index is 0.0198. The molecule has 1 N–H and O–H groups in total. The average molecular weight is 329 g/mol. The monoisotopic (exact) mass is 329 g/mol. The molecule has 0 unspecified atom stereocenters. The summed E-state index contributed by atoms with van der Waals surface area (Å²) in [5.41, 5.74) is 1.15. The van der Waals surface area contributed by atoms with Crippen molar-refractivity contribution in [2.75, 3.05) is 6.61 Å². The van der Waals surface area contributed by atoms with E-state index in [-0.39, 0.29) is 12.5 Å². The summed E-state index contributed by atoms with van der Waals surface area (Å²) < 4.78 is 7.33. The predicted octanol–water partition coefficient (Wildman–Crippen LogP) is 2.18. The van der Waals surface area contributed by atoms with Crippen molar-refractivity contribution in [3.63, 3.8) is 0 Å². The first kappa shape index (κ1) is 16.4. The summed E-state index contributed by atoms with van der Waals surface area (Å²) in [6, 6.07) is 7.96. The fraction of sp³-hybridized carbons (Fsp3) is 0.529. The Kier molecular flexibility index (Phi) is 5.40. The number of rotatable bonds is 6. The van der Waals surface area contributed by atoms with Gasteiger partial charge in [0.2, 0.25) is 0 Å². The highest BCUT2D eigenvalue weighted by Crippen LogP contribution is 2.27. The third-order valence-electron chi connectivity index (χ3n) is 4.32. The van der Waals surface area contributed by atoms with Crippen molar-refractivity contribution in [2.45, 2.75) is 51.6 Å². The Labute approximate surface area is 141 Å². The van der Waals surface area contributed by atoms with E-state index in [1.165, 1.54) is 19.3 Å². The van der Waals surface area contributed by atoms with Crippen molar-refractivity contribution in [3.8, 4) is 5.75 Å². The zero-order valence-corrected chi connectivity index (χ0v) is 13.9. The normalized spacial score (nSPS) is 15.2. The van der Waals surface area contributed by atoms with E-state index in [9.17, 15) is 4.79 Å². The van der Waals surface area contributed by atoms with E-state index in [1.54, 1.807) is 0 Å². The van der Waals surface area contributed by atoms with E-state index in [0.29, 0.717) is 24.2 Å². The molecule has 1 aliphatic carbocycles. The molecular weight excluding hydrogens is 306 g/mol. The molecule has 1 fully saturated rings. The average Bonchev–Trinajstić information content (AvgIpc) is 3.09. The minimum Gasteiger partial charge on any atom is -0.484 e. The van der Waals surface area contributed by atoms with Gasteiger partial charge in [-0.25, -0.2) is 4.68 Å². The molecule has 1 amide bonds. The van der Waals surface area contributed by atoms with Crippen molar-refractivity contribution >= 4 is 5.91 Å². The molecule has 1 saturated carbocycles. The number of aryl methyl sites for hydroxylation is 1. The van der Waals surface area contributed by atoms with Crippen LogP contribution in [0, 0.1) is 6.92 Å². The number of tetrazole rings is 1. The lowest BCUT2D eigenvalue weighted by molar-refractivity contribution is -0.123. The molecule has 0 bridgehead atoms. The number of hydrogen-bond acceptors (Lipinski definition) is 5. The summed E-state index contributed by atoms with van der Waals surface area (Å²) in [7, 11) is 0. The number of aromatic nitrogens is 4. The third-order valence-corrected chi connectivity index (χ3v) is 4.32. The first-order valence-corrected chi connectivity index (χ1v) is 8.45. The van der Waals surface area contributed by atoms with Gasteiger partial charge in [-0.05, 0) is 42.3 Å². The smallest absolute Gasteiger partial charge is 0.258 e. The van der Waals surface area contributed by atoms with Crippen LogP contribution >= 0.6 is 0 Å². The van der Waals surface area contributed by atoms with Crippen LogP contribution in [0.15, 0.2) is 24.3 Å². The molecule has 0 radical (unpaired) electrons. The molecule has 1 heterocycles. The van der Waals surface area contributed by atoms with Crippen LogP contribution in [0.5, 0.6) is 5.75 Å². The van der Waals surface area contributed by atoms with E-state index < -0.39 is 0 Å². The molecule has 128 valence electrons. The van der Waals surface area contributed by atoms with Gasteiger partial charge in [0.1, 0.15) is 5.75 Å². The molecule has 7 heteroatoms. The Morgan fingerprint density at radius 1 is 1.25 bits per heavy atom. The number of hydrogen-bond donors (Lipinski definition) is 1. The fourth-order valence-electron chi connectivity index (χ4n) is 2.95. The van der Waals surface area contributed by atoms with Crippen LogP contribution in [0.4, 0.5) is 0 Å². The highest BCUT2D eigenvalue weighted by molar-refractivity contribution is 5.77. The second-order valence-corrected chi connectivity index (χ2v) is 6.21. The summed E-state index contributed by atoms with van der Waals surface area (Å²) in [6.45, 7) is 2.31. The largest absolute Gasteiger partial charge is 0.484 e. The number of amides is 1. The Balaban J connectivity index is 1.48. The van der Waals surface area contributed by atoms with Gasteiger partial charge in [0.15, 0.2) is 12.4 Å². The minimum atomic E-state index is -0.186. The number of carbonyl (C=O) groups excluding carboxylic acids is 1. The van der Waals surface area contributed by atoms with Crippen LogP contribution in [0.2, 0.25) is 0 Å². The number of nitrogens with one attached hydrogen (secondary N) is 1. The zero-order chi connectivity index (χ0) is 16.8. The van der Waals surface area contributed by atoms with Crippen molar-refractivity contribution in [3.05, 3.63) is 35.7 Å². The van der Waals surface area contributed by atoms with Crippen molar-refractivity contribution in [2.24, 2.45) is 0 Å². The van der Waals surface area contributed by atoms with Crippen LogP contribution in [-0.4, -0.2) is 32.7 Å². The Hall–Kier alpha value is -2.44. The van der Waals surface area contributed by atoms with Gasteiger partial charge in [0.05, 0.1) is 12.6 Å². The van der Waals surface area contributed by atoms with Crippen molar-refractivity contribution in [1.29, 1.82) is 0 Å². The predicted molar refractivity (Wildman–Crippen MR) is 88.5 cm³/mol. The van der Waals surface area contributed by atoms with Crippen LogP contribution in [0.1, 0.15) is 49.5 Å². The maximum absolute atomic E-state index is 12.0. The molecule has 24 heavy (non-hydrogen) atoms.